The van der Waals surface area contributed by atoms with Crippen molar-refractivity contribution in [2.75, 3.05) is 0 Å². The summed E-state index contributed by atoms with van der Waals surface area (Å²) in [5, 5.41) is 2.56. The molecule has 11 heteroatoms. The lowest BCUT2D eigenvalue weighted by molar-refractivity contribution is -0.136. The SMILES string of the molecule is CCC(CC)CCC(=O)Cn1cccc(CC(=O)[C@H](CCC(=O)C(N)=O)NC(=O)c2cncn2C)c1=O. The van der Waals surface area contributed by atoms with Gasteiger partial charge >= 0.3 is 0 Å². The van der Waals surface area contributed by atoms with Crippen LogP contribution in [0.3, 0.4) is 0 Å². The number of nitrogens with two attached hydrogens (primary N) is 1. The highest BCUT2D eigenvalue weighted by Gasteiger charge is 2.25. The number of nitrogens with one attached hydrogen (secondary N) is 1. The van der Waals surface area contributed by atoms with E-state index < -0.39 is 35.0 Å². The van der Waals surface area contributed by atoms with Crippen LogP contribution in [0.5, 0.6) is 0 Å². The molecule has 0 saturated carbocycles. The highest BCUT2D eigenvalue weighted by Crippen LogP contribution is 2.15. The van der Waals surface area contributed by atoms with Crippen molar-refractivity contribution < 1.29 is 24.0 Å². The second-order valence-corrected chi connectivity index (χ2v) is 9.11. The zero-order chi connectivity index (χ0) is 27.5. The van der Waals surface area contributed by atoms with Gasteiger partial charge in [-0.05, 0) is 24.8 Å². The van der Waals surface area contributed by atoms with Crippen LogP contribution in [0.15, 0.2) is 35.6 Å². The Hall–Kier alpha value is -3.89. The van der Waals surface area contributed by atoms with Gasteiger partial charge in [0.05, 0.1) is 25.1 Å². The van der Waals surface area contributed by atoms with Crippen molar-refractivity contribution in [3.63, 3.8) is 0 Å². The smallest absolute Gasteiger partial charge is 0.284 e. The Bertz CT molecular complexity index is 1190. The molecular weight excluding hydrogens is 478 g/mol. The molecule has 2 aromatic rings. The van der Waals surface area contributed by atoms with Gasteiger partial charge in [-0.15, -0.1) is 0 Å². The third-order valence-corrected chi connectivity index (χ3v) is 6.47. The molecule has 2 heterocycles. The van der Waals surface area contributed by atoms with E-state index in [1.54, 1.807) is 13.1 Å². The topological polar surface area (TPSA) is 163 Å². The molecule has 1 atom stereocenters. The first kappa shape index (κ1) is 29.3. The second kappa shape index (κ2) is 14.0. The first-order chi connectivity index (χ1) is 17.6. The average molecular weight is 514 g/mol. The minimum Gasteiger partial charge on any atom is -0.363 e. The molecule has 2 aromatic heterocycles. The summed E-state index contributed by atoms with van der Waals surface area (Å²) in [6, 6.07) is 1.92. The summed E-state index contributed by atoms with van der Waals surface area (Å²) >= 11 is 0. The number of hydrogen-bond acceptors (Lipinski definition) is 7. The van der Waals surface area contributed by atoms with Gasteiger partial charge < -0.3 is 20.2 Å². The number of carbonyl (C=O) groups excluding carboxylic acids is 5. The predicted molar refractivity (Wildman–Crippen MR) is 136 cm³/mol. The van der Waals surface area contributed by atoms with E-state index in [0.717, 1.165) is 19.3 Å². The van der Waals surface area contributed by atoms with Crippen molar-refractivity contribution in [1.82, 2.24) is 19.4 Å². The van der Waals surface area contributed by atoms with Gasteiger partial charge in [0.15, 0.2) is 11.6 Å². The van der Waals surface area contributed by atoms with Gasteiger partial charge in [-0.2, -0.15) is 0 Å². The summed E-state index contributed by atoms with van der Waals surface area (Å²) < 4.78 is 2.74. The molecule has 0 saturated heterocycles. The number of hydrogen-bond donors (Lipinski definition) is 2. The van der Waals surface area contributed by atoms with Crippen LogP contribution in [0.2, 0.25) is 0 Å². The number of amides is 2. The highest BCUT2D eigenvalue weighted by molar-refractivity contribution is 6.35. The van der Waals surface area contributed by atoms with E-state index in [4.69, 9.17) is 5.73 Å². The minimum absolute atomic E-state index is 0.0660. The molecule has 0 fully saturated rings. The van der Waals surface area contributed by atoms with Gasteiger partial charge in [-0.1, -0.05) is 32.8 Å². The maximum Gasteiger partial charge on any atom is 0.284 e. The second-order valence-electron chi connectivity index (χ2n) is 9.11. The van der Waals surface area contributed by atoms with Crippen LogP contribution in [0.4, 0.5) is 0 Å². The van der Waals surface area contributed by atoms with Crippen molar-refractivity contribution in [2.45, 2.75) is 71.4 Å². The fraction of sp³-hybridized carbons (Fsp3) is 0.500. The number of imidazole rings is 1. The van der Waals surface area contributed by atoms with Crippen LogP contribution in [0, 0.1) is 5.92 Å². The number of aryl methyl sites for hydroxylation is 1. The fourth-order valence-electron chi connectivity index (χ4n) is 4.01. The van der Waals surface area contributed by atoms with E-state index in [0.29, 0.717) is 12.3 Å². The normalized spacial score (nSPS) is 11.8. The molecule has 0 aromatic carbocycles. The third kappa shape index (κ3) is 8.62. The highest BCUT2D eigenvalue weighted by atomic mass is 16.2. The third-order valence-electron chi connectivity index (χ3n) is 6.47. The largest absolute Gasteiger partial charge is 0.363 e. The van der Waals surface area contributed by atoms with E-state index >= 15 is 0 Å². The zero-order valence-electron chi connectivity index (χ0n) is 21.6. The summed E-state index contributed by atoms with van der Waals surface area (Å²) in [5.74, 6) is -2.74. The molecule has 200 valence electrons. The Morgan fingerprint density at radius 2 is 1.78 bits per heavy atom. The van der Waals surface area contributed by atoms with Crippen LogP contribution < -0.4 is 16.6 Å². The molecule has 0 unspecified atom stereocenters. The summed E-state index contributed by atoms with van der Waals surface area (Å²) in [6.07, 6.45) is 6.51. The number of ketones is 3. The Morgan fingerprint density at radius 1 is 1.08 bits per heavy atom. The summed E-state index contributed by atoms with van der Waals surface area (Å²) in [5.41, 5.74) is 4.87. The molecule has 0 aliphatic heterocycles. The number of carbonyl (C=O) groups is 5. The first-order valence-electron chi connectivity index (χ1n) is 12.4. The molecular formula is C26H35N5O6. The lowest BCUT2D eigenvalue weighted by Gasteiger charge is -2.18. The maximum atomic E-state index is 13.1. The Morgan fingerprint density at radius 3 is 2.38 bits per heavy atom. The standard InChI is InChI=1S/C26H35N5O6/c1-4-17(5-2)8-9-19(32)15-31-12-6-7-18(26(31)37)13-23(34)20(10-11-22(33)24(27)35)29-25(36)21-14-28-16-30(21)3/h6-7,12,14,16-17,20H,4-5,8-11,13,15H2,1-3H3,(H2,27,35)(H,29,36)/t20-/m0/s1. The molecule has 0 aliphatic carbocycles. The van der Waals surface area contributed by atoms with Crippen LogP contribution in [0.1, 0.15) is 68.4 Å². The molecule has 0 aliphatic rings. The van der Waals surface area contributed by atoms with Crippen molar-refractivity contribution in [1.29, 1.82) is 0 Å². The molecule has 0 bridgehead atoms. The molecule has 0 spiro atoms. The lowest BCUT2D eigenvalue weighted by atomic mass is 9.96. The van der Waals surface area contributed by atoms with Crippen LogP contribution in [-0.2, 0) is 39.2 Å². The average Bonchev–Trinajstić information content (AvgIpc) is 3.30. The molecule has 2 rings (SSSR count). The van der Waals surface area contributed by atoms with Gasteiger partial charge in [0, 0.05) is 38.1 Å². The maximum absolute atomic E-state index is 13.1. The predicted octanol–water partition coefficient (Wildman–Crippen LogP) is 1.11. The van der Waals surface area contributed by atoms with Crippen molar-refractivity contribution in [3.8, 4) is 0 Å². The molecule has 11 nitrogen and oxygen atoms in total. The Balaban J connectivity index is 2.15. The van der Waals surface area contributed by atoms with Gasteiger partial charge in [0.2, 0.25) is 5.78 Å². The van der Waals surface area contributed by atoms with E-state index in [2.05, 4.69) is 24.1 Å². The molecule has 37 heavy (non-hydrogen) atoms. The van der Waals surface area contributed by atoms with Crippen molar-refractivity contribution in [3.05, 3.63) is 52.5 Å². The summed E-state index contributed by atoms with van der Waals surface area (Å²) in [4.78, 5) is 78.0. The van der Waals surface area contributed by atoms with Gasteiger partial charge in [0.1, 0.15) is 5.69 Å². The Labute approximate surface area is 215 Å². The van der Waals surface area contributed by atoms with Crippen molar-refractivity contribution in [2.24, 2.45) is 18.7 Å². The number of Topliss-reactive ketones (excluding diaryl/α,β-unsaturated/α-hetero) is 3. The number of aromatic nitrogens is 3. The van der Waals surface area contributed by atoms with E-state index in [-0.39, 0.29) is 42.8 Å². The number of primary amides is 1. The van der Waals surface area contributed by atoms with E-state index in [9.17, 15) is 28.8 Å². The number of nitrogens with zero attached hydrogens (tertiary/aromatic N) is 3. The lowest BCUT2D eigenvalue weighted by Crippen LogP contribution is -2.43. The van der Waals surface area contributed by atoms with Crippen LogP contribution in [0.25, 0.3) is 0 Å². The van der Waals surface area contributed by atoms with Gasteiger partial charge in [0.25, 0.3) is 17.4 Å². The van der Waals surface area contributed by atoms with Crippen LogP contribution in [-0.4, -0.2) is 49.3 Å². The molecule has 3 N–H and O–H groups in total. The van der Waals surface area contributed by atoms with Crippen LogP contribution >= 0.6 is 0 Å². The van der Waals surface area contributed by atoms with E-state index in [1.807, 2.05) is 0 Å². The molecule has 0 radical (unpaired) electrons. The van der Waals surface area contributed by atoms with Gasteiger partial charge in [-0.3, -0.25) is 28.8 Å². The van der Waals surface area contributed by atoms with Gasteiger partial charge in [-0.25, -0.2) is 4.98 Å². The Kier molecular flexibility index (Phi) is 11.1. The summed E-state index contributed by atoms with van der Waals surface area (Å²) in [6.45, 7) is 4.08. The van der Waals surface area contributed by atoms with E-state index in [1.165, 1.54) is 33.9 Å². The number of pyridine rings is 1. The molecule has 2 amide bonds. The minimum atomic E-state index is -1.15. The number of rotatable bonds is 16. The van der Waals surface area contributed by atoms with Crippen molar-refractivity contribution >= 4 is 29.2 Å². The zero-order valence-corrected chi connectivity index (χ0v) is 21.6. The first-order valence-corrected chi connectivity index (χ1v) is 12.4. The monoisotopic (exact) mass is 513 g/mol. The fourth-order valence-corrected chi connectivity index (χ4v) is 4.01. The summed E-state index contributed by atoms with van der Waals surface area (Å²) in [7, 11) is 1.60. The quantitative estimate of drug-likeness (QED) is 0.318.